The number of hydrogen-bond donors (Lipinski definition) is 1. The smallest absolute Gasteiger partial charge is 0.243 e. The highest BCUT2D eigenvalue weighted by Crippen LogP contribution is 2.26. The van der Waals surface area contributed by atoms with Crippen molar-refractivity contribution in [2.45, 2.75) is 22.6 Å². The minimum Gasteiger partial charge on any atom is -0.497 e. The Kier molecular flexibility index (Phi) is 6.64. The average molecular weight is 421 g/mol. The van der Waals surface area contributed by atoms with Crippen molar-refractivity contribution in [2.75, 3.05) is 31.8 Å². The summed E-state index contributed by atoms with van der Waals surface area (Å²) in [7, 11) is -1.95. The van der Waals surface area contributed by atoms with E-state index in [2.05, 4.69) is 5.32 Å². The van der Waals surface area contributed by atoms with Gasteiger partial charge in [-0.25, -0.2) is 8.42 Å². The second-order valence-electron chi connectivity index (χ2n) is 6.58. The number of nitrogens with one attached hydrogen (secondary N) is 1. The summed E-state index contributed by atoms with van der Waals surface area (Å²) in [6, 6.07) is 14.1. The Balaban J connectivity index is 1.60. The Morgan fingerprint density at radius 3 is 2.43 bits per heavy atom. The number of sulfonamides is 1. The largest absolute Gasteiger partial charge is 0.497 e. The number of rotatable bonds is 6. The van der Waals surface area contributed by atoms with Crippen LogP contribution in [0.15, 0.2) is 58.3 Å². The molecule has 0 bridgehead atoms. The van der Waals surface area contributed by atoms with Crippen LogP contribution in [0.2, 0.25) is 0 Å². The van der Waals surface area contributed by atoms with Crippen molar-refractivity contribution in [1.82, 2.24) is 4.31 Å². The number of carbonyl (C=O) groups excluding carboxylic acids is 1. The molecule has 0 unspecified atom stereocenters. The molecule has 2 aromatic carbocycles. The molecule has 0 atom stereocenters. The first-order valence-electron chi connectivity index (χ1n) is 9.03. The second-order valence-corrected chi connectivity index (χ2v) is 9.39. The van der Waals surface area contributed by atoms with Gasteiger partial charge in [0.2, 0.25) is 15.9 Å². The van der Waals surface area contributed by atoms with Gasteiger partial charge in [-0.3, -0.25) is 4.79 Å². The first-order valence-corrected chi connectivity index (χ1v) is 11.7. The predicted molar refractivity (Wildman–Crippen MR) is 111 cm³/mol. The zero-order chi connectivity index (χ0) is 20.1. The van der Waals surface area contributed by atoms with Gasteiger partial charge in [0.15, 0.2) is 0 Å². The molecule has 0 aromatic heterocycles. The number of nitrogens with zero attached hydrogens (tertiary/aromatic N) is 1. The second kappa shape index (κ2) is 8.98. The number of anilines is 1. The summed E-state index contributed by atoms with van der Waals surface area (Å²) in [6.07, 6.45) is 2.95. The molecule has 150 valence electrons. The molecule has 0 saturated carbocycles. The van der Waals surface area contributed by atoms with E-state index >= 15 is 0 Å². The van der Waals surface area contributed by atoms with Crippen LogP contribution in [0.5, 0.6) is 5.75 Å². The van der Waals surface area contributed by atoms with Gasteiger partial charge < -0.3 is 10.1 Å². The van der Waals surface area contributed by atoms with Gasteiger partial charge in [0.1, 0.15) is 5.75 Å². The highest BCUT2D eigenvalue weighted by Gasteiger charge is 2.32. The van der Waals surface area contributed by atoms with Crippen molar-refractivity contribution >= 4 is 33.4 Å². The van der Waals surface area contributed by atoms with Crippen molar-refractivity contribution in [3.8, 4) is 5.75 Å². The summed E-state index contributed by atoms with van der Waals surface area (Å²) in [5.74, 6) is 0.373. The molecule has 28 heavy (non-hydrogen) atoms. The summed E-state index contributed by atoms with van der Waals surface area (Å²) < 4.78 is 32.3. The third-order valence-electron chi connectivity index (χ3n) is 4.86. The Hall–Kier alpha value is -2.03. The molecule has 0 spiro atoms. The number of piperidine rings is 1. The van der Waals surface area contributed by atoms with Crippen LogP contribution in [-0.2, 0) is 14.8 Å². The zero-order valence-corrected chi connectivity index (χ0v) is 17.6. The van der Waals surface area contributed by atoms with Gasteiger partial charge in [0.05, 0.1) is 12.0 Å². The molecule has 1 amide bonds. The van der Waals surface area contributed by atoms with E-state index in [4.69, 9.17) is 4.74 Å². The molecule has 1 aliphatic heterocycles. The number of hydrogen-bond acceptors (Lipinski definition) is 5. The molecule has 3 rings (SSSR count). The van der Waals surface area contributed by atoms with Crippen molar-refractivity contribution in [1.29, 1.82) is 0 Å². The van der Waals surface area contributed by atoms with Crippen LogP contribution in [0.25, 0.3) is 0 Å². The van der Waals surface area contributed by atoms with E-state index in [-0.39, 0.29) is 11.8 Å². The number of benzene rings is 2. The lowest BCUT2D eigenvalue weighted by Gasteiger charge is -2.30. The molecular formula is C20H24N2O4S2. The van der Waals surface area contributed by atoms with Crippen LogP contribution in [0.4, 0.5) is 5.69 Å². The number of ether oxygens (including phenoxy) is 1. The van der Waals surface area contributed by atoms with Gasteiger partial charge in [-0.1, -0.05) is 6.07 Å². The fraction of sp³-hybridized carbons (Fsp3) is 0.350. The van der Waals surface area contributed by atoms with E-state index in [0.29, 0.717) is 42.3 Å². The number of amides is 1. The molecule has 1 saturated heterocycles. The van der Waals surface area contributed by atoms with Gasteiger partial charge in [-0.15, -0.1) is 11.8 Å². The molecule has 2 aromatic rings. The maximum absolute atomic E-state index is 12.8. The fourth-order valence-corrected chi connectivity index (χ4v) is 5.08. The maximum atomic E-state index is 12.8. The van der Waals surface area contributed by atoms with Crippen LogP contribution in [0, 0.1) is 5.92 Å². The van der Waals surface area contributed by atoms with Crippen LogP contribution in [0.1, 0.15) is 12.8 Å². The van der Waals surface area contributed by atoms with Gasteiger partial charge in [-0.05, 0) is 55.5 Å². The topological polar surface area (TPSA) is 75.7 Å². The molecule has 1 aliphatic rings. The van der Waals surface area contributed by atoms with Crippen LogP contribution in [0.3, 0.4) is 0 Å². The molecule has 1 heterocycles. The third-order valence-corrected chi connectivity index (χ3v) is 7.52. The van der Waals surface area contributed by atoms with E-state index in [1.165, 1.54) is 4.31 Å². The summed E-state index contributed by atoms with van der Waals surface area (Å²) in [4.78, 5) is 13.9. The highest BCUT2D eigenvalue weighted by atomic mass is 32.2. The monoisotopic (exact) mass is 420 g/mol. The zero-order valence-electron chi connectivity index (χ0n) is 15.9. The Morgan fingerprint density at radius 1 is 1.14 bits per heavy atom. The predicted octanol–water partition coefficient (Wildman–Crippen LogP) is 3.46. The fourth-order valence-electron chi connectivity index (χ4n) is 3.20. The van der Waals surface area contributed by atoms with E-state index in [0.717, 1.165) is 4.90 Å². The van der Waals surface area contributed by atoms with E-state index in [1.807, 2.05) is 30.5 Å². The van der Waals surface area contributed by atoms with Gasteiger partial charge in [-0.2, -0.15) is 4.31 Å². The first-order chi connectivity index (χ1) is 13.4. The maximum Gasteiger partial charge on any atom is 0.243 e. The quantitative estimate of drug-likeness (QED) is 0.725. The minimum atomic E-state index is -3.53. The average Bonchev–Trinajstić information content (AvgIpc) is 2.74. The SMILES string of the molecule is COc1cccc(NC(=O)C2CCN(S(=O)(=O)c3ccc(SC)cc3)CC2)c1. The van der Waals surface area contributed by atoms with Crippen molar-refractivity contribution in [3.63, 3.8) is 0 Å². The Labute approximate surface area is 170 Å². The van der Waals surface area contributed by atoms with Crippen LogP contribution in [-0.4, -0.2) is 45.1 Å². The van der Waals surface area contributed by atoms with Gasteiger partial charge in [0.25, 0.3) is 0 Å². The lowest BCUT2D eigenvalue weighted by molar-refractivity contribution is -0.120. The molecule has 6 nitrogen and oxygen atoms in total. The standard InChI is InChI=1S/C20H24N2O4S2/c1-26-17-5-3-4-16(14-17)21-20(23)15-10-12-22(13-11-15)28(24,25)19-8-6-18(27-2)7-9-19/h3-9,14-15H,10-13H2,1-2H3,(H,21,23). The van der Waals surface area contributed by atoms with Crippen molar-refractivity contribution in [2.24, 2.45) is 5.92 Å². The van der Waals surface area contributed by atoms with E-state index < -0.39 is 10.0 Å². The molecular weight excluding hydrogens is 396 g/mol. The van der Waals surface area contributed by atoms with Crippen molar-refractivity contribution in [3.05, 3.63) is 48.5 Å². The summed E-state index contributed by atoms with van der Waals surface area (Å²) in [5, 5.41) is 2.90. The molecule has 0 aliphatic carbocycles. The number of carbonyl (C=O) groups is 1. The van der Waals surface area contributed by atoms with Crippen LogP contribution < -0.4 is 10.1 Å². The molecule has 8 heteroatoms. The Bertz CT molecular complexity index is 921. The molecule has 0 radical (unpaired) electrons. The van der Waals surface area contributed by atoms with Gasteiger partial charge in [0, 0.05) is 35.7 Å². The molecule has 1 N–H and O–H groups in total. The minimum absolute atomic E-state index is 0.0883. The number of methoxy groups -OCH3 is 1. The molecule has 1 fully saturated rings. The Morgan fingerprint density at radius 2 is 1.82 bits per heavy atom. The lowest BCUT2D eigenvalue weighted by Crippen LogP contribution is -2.41. The van der Waals surface area contributed by atoms with E-state index in [9.17, 15) is 13.2 Å². The lowest BCUT2D eigenvalue weighted by atomic mass is 9.97. The summed E-state index contributed by atoms with van der Waals surface area (Å²) in [6.45, 7) is 0.672. The highest BCUT2D eigenvalue weighted by molar-refractivity contribution is 7.98. The van der Waals surface area contributed by atoms with Crippen molar-refractivity contribution < 1.29 is 17.9 Å². The summed E-state index contributed by atoms with van der Waals surface area (Å²) >= 11 is 1.57. The van der Waals surface area contributed by atoms with E-state index in [1.54, 1.807) is 43.1 Å². The van der Waals surface area contributed by atoms with Crippen LogP contribution >= 0.6 is 11.8 Å². The number of thioether (sulfide) groups is 1. The third kappa shape index (κ3) is 4.68. The first kappa shape index (κ1) is 20.7. The normalized spacial score (nSPS) is 15.9. The summed E-state index contributed by atoms with van der Waals surface area (Å²) in [5.41, 5.74) is 0.674. The van der Waals surface area contributed by atoms with Gasteiger partial charge >= 0.3 is 0 Å².